The van der Waals surface area contributed by atoms with Crippen LogP contribution in [-0.2, 0) is 25.6 Å². The number of aliphatic hydroxyl groups is 1. The molecule has 0 saturated carbocycles. The highest BCUT2D eigenvalue weighted by atomic mass is 16.8. The summed E-state index contributed by atoms with van der Waals surface area (Å²) in [4.78, 5) is 14.2. The van der Waals surface area contributed by atoms with Gasteiger partial charge in [0, 0.05) is 6.54 Å². The third-order valence-corrected chi connectivity index (χ3v) is 5.09. The standard InChI is InChI=1S/C19H25NO6/c1-19(2)25-16(14-11-23-14)17(26-19)15-13(21)8-9-20(15)18(22)24-10-12-6-4-3-5-7-12/h3-7,13-17,21H,8-11H2,1-2H3/t13-,14-,15+,16+,17+/m0/s1. The molecule has 7 nitrogen and oxygen atoms in total. The highest BCUT2D eigenvalue weighted by molar-refractivity contribution is 5.68. The Bertz CT molecular complexity index is 647. The summed E-state index contributed by atoms with van der Waals surface area (Å²) in [7, 11) is 0. The summed E-state index contributed by atoms with van der Waals surface area (Å²) in [6.45, 7) is 4.91. The molecular formula is C19H25NO6. The molecule has 4 rings (SSSR count). The van der Waals surface area contributed by atoms with Crippen molar-refractivity contribution in [3.63, 3.8) is 0 Å². The third-order valence-electron chi connectivity index (χ3n) is 5.09. The molecule has 0 radical (unpaired) electrons. The predicted octanol–water partition coefficient (Wildman–Crippen LogP) is 1.68. The Morgan fingerprint density at radius 1 is 1.27 bits per heavy atom. The zero-order chi connectivity index (χ0) is 18.3. The van der Waals surface area contributed by atoms with Crippen LogP contribution >= 0.6 is 0 Å². The monoisotopic (exact) mass is 363 g/mol. The Hall–Kier alpha value is -1.67. The highest BCUT2D eigenvalue weighted by Gasteiger charge is 2.57. The number of hydrogen-bond donors (Lipinski definition) is 1. The van der Waals surface area contributed by atoms with Crippen LogP contribution in [0.3, 0.4) is 0 Å². The van der Waals surface area contributed by atoms with E-state index in [0.717, 1.165) is 5.56 Å². The fraction of sp³-hybridized carbons (Fsp3) is 0.632. The largest absolute Gasteiger partial charge is 0.445 e. The summed E-state index contributed by atoms with van der Waals surface area (Å²) < 4.78 is 22.9. The second-order valence-corrected chi connectivity index (χ2v) is 7.52. The number of hydrogen-bond acceptors (Lipinski definition) is 6. The normalized spacial score (nSPS) is 35.5. The zero-order valence-electron chi connectivity index (χ0n) is 15.0. The Balaban J connectivity index is 1.46. The maximum absolute atomic E-state index is 12.6. The van der Waals surface area contributed by atoms with Gasteiger partial charge in [-0.15, -0.1) is 0 Å². The molecule has 0 unspecified atom stereocenters. The molecule has 0 bridgehead atoms. The van der Waals surface area contributed by atoms with Crippen molar-refractivity contribution in [3.05, 3.63) is 35.9 Å². The first-order valence-electron chi connectivity index (χ1n) is 9.07. The van der Waals surface area contributed by atoms with E-state index in [1.807, 2.05) is 44.2 Å². The fourth-order valence-electron chi connectivity index (χ4n) is 3.82. The maximum atomic E-state index is 12.6. The average Bonchev–Trinajstić information content (AvgIpc) is 3.32. The van der Waals surface area contributed by atoms with Crippen LogP contribution in [0.2, 0.25) is 0 Å². The second kappa shape index (κ2) is 6.81. The van der Waals surface area contributed by atoms with Gasteiger partial charge in [-0.25, -0.2) is 4.79 Å². The number of epoxide rings is 1. The van der Waals surface area contributed by atoms with Crippen molar-refractivity contribution < 1.29 is 28.8 Å². The zero-order valence-corrected chi connectivity index (χ0v) is 15.0. The molecule has 5 atom stereocenters. The number of amides is 1. The van der Waals surface area contributed by atoms with Gasteiger partial charge >= 0.3 is 6.09 Å². The molecular weight excluding hydrogens is 338 g/mol. The molecule has 0 spiro atoms. The smallest absolute Gasteiger partial charge is 0.410 e. The number of aliphatic hydroxyl groups excluding tert-OH is 1. The molecule has 1 aromatic carbocycles. The minimum absolute atomic E-state index is 0.0447. The summed E-state index contributed by atoms with van der Waals surface area (Å²) in [5.41, 5.74) is 0.919. The third kappa shape index (κ3) is 3.57. The maximum Gasteiger partial charge on any atom is 0.410 e. The van der Waals surface area contributed by atoms with Gasteiger partial charge in [-0.1, -0.05) is 30.3 Å². The van der Waals surface area contributed by atoms with Crippen molar-refractivity contribution in [3.8, 4) is 0 Å². The van der Waals surface area contributed by atoms with Gasteiger partial charge in [0.2, 0.25) is 0 Å². The molecule has 3 aliphatic rings. The lowest BCUT2D eigenvalue weighted by atomic mass is 9.99. The Morgan fingerprint density at radius 3 is 2.65 bits per heavy atom. The van der Waals surface area contributed by atoms with Crippen molar-refractivity contribution in [2.24, 2.45) is 0 Å². The molecule has 0 aliphatic carbocycles. The van der Waals surface area contributed by atoms with Crippen LogP contribution < -0.4 is 0 Å². The number of benzene rings is 1. The summed E-state index contributed by atoms with van der Waals surface area (Å²) in [5, 5.41) is 10.5. The van der Waals surface area contributed by atoms with Gasteiger partial charge in [0.05, 0.1) is 18.8 Å². The molecule has 1 aromatic rings. The van der Waals surface area contributed by atoms with Gasteiger partial charge in [-0.05, 0) is 25.8 Å². The van der Waals surface area contributed by atoms with Gasteiger partial charge in [-0.2, -0.15) is 0 Å². The number of ether oxygens (including phenoxy) is 4. The van der Waals surface area contributed by atoms with Crippen LogP contribution in [0.15, 0.2) is 30.3 Å². The summed E-state index contributed by atoms with van der Waals surface area (Å²) in [6, 6.07) is 9.02. The molecule has 142 valence electrons. The fourth-order valence-corrected chi connectivity index (χ4v) is 3.82. The van der Waals surface area contributed by atoms with Crippen LogP contribution in [-0.4, -0.2) is 65.5 Å². The van der Waals surface area contributed by atoms with E-state index in [1.165, 1.54) is 0 Å². The van der Waals surface area contributed by atoms with Crippen molar-refractivity contribution in [2.75, 3.05) is 13.2 Å². The number of likely N-dealkylation sites (tertiary alicyclic amines) is 1. The topological polar surface area (TPSA) is 80.8 Å². The van der Waals surface area contributed by atoms with Crippen LogP contribution in [0.25, 0.3) is 0 Å². The van der Waals surface area contributed by atoms with E-state index in [-0.39, 0.29) is 18.8 Å². The minimum atomic E-state index is -0.775. The Kier molecular flexibility index (Phi) is 4.64. The van der Waals surface area contributed by atoms with E-state index >= 15 is 0 Å². The average molecular weight is 363 g/mol. The minimum Gasteiger partial charge on any atom is -0.445 e. The van der Waals surface area contributed by atoms with Crippen LogP contribution in [0.1, 0.15) is 25.8 Å². The summed E-state index contributed by atoms with van der Waals surface area (Å²) in [6.07, 6.45) is -1.42. The van der Waals surface area contributed by atoms with Gasteiger partial charge in [-0.3, -0.25) is 4.90 Å². The molecule has 3 heterocycles. The number of carbonyl (C=O) groups is 1. The molecule has 1 N–H and O–H groups in total. The first-order chi connectivity index (χ1) is 12.4. The first-order valence-corrected chi connectivity index (χ1v) is 9.07. The molecule has 3 saturated heterocycles. The predicted molar refractivity (Wildman–Crippen MR) is 91.3 cm³/mol. The van der Waals surface area contributed by atoms with E-state index in [2.05, 4.69) is 0 Å². The lowest BCUT2D eigenvalue weighted by molar-refractivity contribution is -0.154. The highest BCUT2D eigenvalue weighted by Crippen LogP contribution is 2.40. The lowest BCUT2D eigenvalue weighted by Crippen LogP contribution is -2.52. The van der Waals surface area contributed by atoms with Gasteiger partial charge in [0.15, 0.2) is 5.79 Å². The van der Waals surface area contributed by atoms with Crippen molar-refractivity contribution in [1.82, 2.24) is 4.90 Å². The molecule has 1 amide bonds. The Morgan fingerprint density at radius 2 is 1.96 bits per heavy atom. The quantitative estimate of drug-likeness (QED) is 0.820. The van der Waals surface area contributed by atoms with E-state index in [4.69, 9.17) is 18.9 Å². The second-order valence-electron chi connectivity index (χ2n) is 7.52. The van der Waals surface area contributed by atoms with Crippen LogP contribution in [0.4, 0.5) is 4.79 Å². The summed E-state index contributed by atoms with van der Waals surface area (Å²) >= 11 is 0. The van der Waals surface area contributed by atoms with Crippen molar-refractivity contribution in [1.29, 1.82) is 0 Å². The van der Waals surface area contributed by atoms with Crippen molar-refractivity contribution >= 4 is 6.09 Å². The van der Waals surface area contributed by atoms with Gasteiger partial charge < -0.3 is 24.1 Å². The summed E-state index contributed by atoms with van der Waals surface area (Å²) in [5.74, 6) is -0.775. The van der Waals surface area contributed by atoms with E-state index < -0.39 is 30.1 Å². The number of rotatable bonds is 4. The SMILES string of the molecule is CC1(C)O[C@H]([C@H]2[C@@H](O)CCN2C(=O)OCc2ccccc2)[C@@H]([C@@H]2CO2)O1. The molecule has 26 heavy (non-hydrogen) atoms. The van der Waals surface area contributed by atoms with Gasteiger partial charge in [0.25, 0.3) is 0 Å². The van der Waals surface area contributed by atoms with Crippen LogP contribution in [0.5, 0.6) is 0 Å². The van der Waals surface area contributed by atoms with E-state index in [9.17, 15) is 9.90 Å². The van der Waals surface area contributed by atoms with E-state index in [1.54, 1.807) is 4.90 Å². The van der Waals surface area contributed by atoms with Crippen molar-refractivity contribution in [2.45, 2.75) is 63.1 Å². The van der Waals surface area contributed by atoms with Gasteiger partial charge in [0.1, 0.15) is 24.9 Å². The Labute approximate surface area is 152 Å². The van der Waals surface area contributed by atoms with E-state index in [0.29, 0.717) is 19.6 Å². The molecule has 3 fully saturated rings. The first kappa shape index (κ1) is 17.7. The molecule has 7 heteroatoms. The number of nitrogens with zero attached hydrogens (tertiary/aromatic N) is 1. The molecule has 0 aromatic heterocycles. The number of carbonyl (C=O) groups excluding carboxylic acids is 1. The lowest BCUT2D eigenvalue weighted by Gasteiger charge is -2.31. The van der Waals surface area contributed by atoms with Crippen LogP contribution in [0, 0.1) is 0 Å². The molecule has 3 aliphatic heterocycles.